The Bertz CT molecular complexity index is 639. The highest BCUT2D eigenvalue weighted by Gasteiger charge is 1.94. The molecule has 2 N–H and O–H groups in total. The highest BCUT2D eigenvalue weighted by atomic mass is 32.2. The lowest BCUT2D eigenvalue weighted by Gasteiger charge is -2.03. The van der Waals surface area contributed by atoms with Gasteiger partial charge in [-0.2, -0.15) is 8.42 Å². The zero-order valence-corrected chi connectivity index (χ0v) is 9.03. The van der Waals surface area contributed by atoms with Crippen molar-refractivity contribution in [1.82, 2.24) is 9.97 Å². The third-order valence-corrected chi connectivity index (χ3v) is 2.48. The van der Waals surface area contributed by atoms with Crippen LogP contribution in [0, 0.1) is 4.64 Å². The monoisotopic (exact) mass is 235 g/mol. The fourth-order valence-corrected chi connectivity index (χ4v) is 1.54. The molecule has 0 aliphatic heterocycles. The number of para-hydroxylation sites is 1. The first kappa shape index (κ1) is 10.4. The van der Waals surface area contributed by atoms with Crippen LogP contribution < -0.4 is 5.32 Å². The number of H-pyrrole nitrogens is 1. The van der Waals surface area contributed by atoms with Gasteiger partial charge in [-0.1, -0.05) is 18.2 Å². The van der Waals surface area contributed by atoms with Crippen molar-refractivity contribution in [3.63, 3.8) is 0 Å². The van der Waals surface area contributed by atoms with E-state index in [2.05, 4.69) is 15.3 Å². The Morgan fingerprint density at radius 3 is 2.56 bits per heavy atom. The second-order valence-electron chi connectivity index (χ2n) is 3.01. The maximum Gasteiger partial charge on any atom is 0.238 e. The molecular weight excluding hydrogens is 226 g/mol. The number of hydrogen-bond acceptors (Lipinski definition) is 4. The number of nitrogens with one attached hydrogen (secondary N) is 2. The van der Waals surface area contributed by atoms with Gasteiger partial charge in [0, 0.05) is 11.9 Å². The molecule has 5 nitrogen and oxygen atoms in total. The second-order valence-corrected chi connectivity index (χ2v) is 3.92. The van der Waals surface area contributed by atoms with Gasteiger partial charge in [0.15, 0.2) is 4.64 Å². The Kier molecular flexibility index (Phi) is 3.02. The molecule has 0 aliphatic carbocycles. The van der Waals surface area contributed by atoms with Crippen molar-refractivity contribution in [3.8, 4) is 0 Å². The molecule has 0 spiro atoms. The van der Waals surface area contributed by atoms with E-state index in [1.165, 1.54) is 12.3 Å². The van der Waals surface area contributed by atoms with Gasteiger partial charge >= 0.3 is 0 Å². The standard InChI is InChI=1S/C10H9N3O2S/c14-16(15)9-6-7-11-10(13-9)12-8-4-2-1-3-5-8/h1-7H,(H2,11,12,13). The minimum Gasteiger partial charge on any atom is -0.326 e. The summed E-state index contributed by atoms with van der Waals surface area (Å²) < 4.78 is 21.5. The lowest BCUT2D eigenvalue weighted by Crippen LogP contribution is -1.96. The van der Waals surface area contributed by atoms with Crippen LogP contribution in [0.2, 0.25) is 0 Å². The first-order valence-corrected chi connectivity index (χ1v) is 5.63. The Morgan fingerprint density at radius 1 is 1.12 bits per heavy atom. The van der Waals surface area contributed by atoms with Crippen molar-refractivity contribution in [2.75, 3.05) is 5.32 Å². The summed E-state index contributed by atoms with van der Waals surface area (Å²) in [6.07, 6.45) is 1.42. The van der Waals surface area contributed by atoms with E-state index in [1.54, 1.807) is 0 Å². The normalized spacial score (nSPS) is 9.75. The van der Waals surface area contributed by atoms with E-state index in [9.17, 15) is 8.42 Å². The van der Waals surface area contributed by atoms with Gasteiger partial charge in [0.2, 0.25) is 16.2 Å². The molecule has 82 valence electrons. The second kappa shape index (κ2) is 4.63. The van der Waals surface area contributed by atoms with Gasteiger partial charge in [-0.05, 0) is 18.2 Å². The predicted octanol–water partition coefficient (Wildman–Crippen LogP) is 1.56. The fourth-order valence-electron chi connectivity index (χ4n) is 1.19. The van der Waals surface area contributed by atoms with Crippen LogP contribution in [-0.4, -0.2) is 18.4 Å². The van der Waals surface area contributed by atoms with Crippen LogP contribution in [0.4, 0.5) is 11.6 Å². The quantitative estimate of drug-likeness (QED) is 0.775. The first-order valence-electron chi connectivity index (χ1n) is 4.55. The molecule has 0 fully saturated rings. The van der Waals surface area contributed by atoms with Gasteiger partial charge in [0.25, 0.3) is 0 Å². The summed E-state index contributed by atoms with van der Waals surface area (Å²) in [5.74, 6) is 0.382. The predicted molar refractivity (Wildman–Crippen MR) is 60.5 cm³/mol. The molecule has 0 unspecified atom stereocenters. The number of aromatic amines is 1. The van der Waals surface area contributed by atoms with Crippen LogP contribution >= 0.6 is 0 Å². The van der Waals surface area contributed by atoms with Crippen molar-refractivity contribution in [2.45, 2.75) is 0 Å². The van der Waals surface area contributed by atoms with Crippen molar-refractivity contribution < 1.29 is 8.42 Å². The minimum absolute atomic E-state index is 0.0911. The Balaban J connectivity index is 2.37. The Labute approximate surface area is 93.3 Å². The van der Waals surface area contributed by atoms with E-state index < -0.39 is 10.3 Å². The molecule has 0 amide bonds. The lowest BCUT2D eigenvalue weighted by atomic mass is 10.3. The highest BCUT2D eigenvalue weighted by molar-refractivity contribution is 7.63. The first-order chi connectivity index (χ1) is 7.75. The topological polar surface area (TPSA) is 74.8 Å². The minimum atomic E-state index is -2.28. The van der Waals surface area contributed by atoms with Crippen molar-refractivity contribution >= 4 is 21.9 Å². The third kappa shape index (κ3) is 2.48. The van der Waals surface area contributed by atoms with E-state index in [0.717, 1.165) is 5.69 Å². The molecule has 0 radical (unpaired) electrons. The van der Waals surface area contributed by atoms with Crippen LogP contribution in [0.25, 0.3) is 0 Å². The van der Waals surface area contributed by atoms with Crippen LogP contribution in [-0.2, 0) is 10.3 Å². The molecule has 0 saturated heterocycles. The van der Waals surface area contributed by atoms with E-state index >= 15 is 0 Å². The molecule has 1 aromatic heterocycles. The molecule has 2 rings (SSSR count). The highest BCUT2D eigenvalue weighted by Crippen LogP contribution is 2.10. The van der Waals surface area contributed by atoms with E-state index in [4.69, 9.17) is 0 Å². The summed E-state index contributed by atoms with van der Waals surface area (Å²) in [4.78, 5) is 6.63. The van der Waals surface area contributed by atoms with E-state index in [-0.39, 0.29) is 4.64 Å². The molecule has 6 heteroatoms. The smallest absolute Gasteiger partial charge is 0.238 e. The van der Waals surface area contributed by atoms with Gasteiger partial charge in [-0.15, -0.1) is 0 Å². The third-order valence-electron chi connectivity index (χ3n) is 1.89. The maximum atomic E-state index is 10.7. The summed E-state index contributed by atoms with van der Waals surface area (Å²) in [6.45, 7) is 0. The van der Waals surface area contributed by atoms with E-state index in [0.29, 0.717) is 5.95 Å². The van der Waals surface area contributed by atoms with Crippen molar-refractivity contribution in [3.05, 3.63) is 47.2 Å². The van der Waals surface area contributed by atoms with Gasteiger partial charge in [0.1, 0.15) is 0 Å². The number of aromatic nitrogens is 2. The molecule has 1 aromatic carbocycles. The Hall–Kier alpha value is -2.08. The lowest BCUT2D eigenvalue weighted by molar-refractivity contribution is 0.624. The molecular formula is C10H9N3O2S. The summed E-state index contributed by atoms with van der Waals surface area (Å²) in [5, 5.41) is 2.96. The fraction of sp³-hybridized carbons (Fsp3) is 0. The molecule has 0 bridgehead atoms. The van der Waals surface area contributed by atoms with Crippen molar-refractivity contribution in [2.24, 2.45) is 0 Å². The molecule has 1 heterocycles. The average molecular weight is 235 g/mol. The summed E-state index contributed by atoms with van der Waals surface area (Å²) in [7, 11) is -2.28. The summed E-state index contributed by atoms with van der Waals surface area (Å²) in [5.41, 5.74) is 0.833. The maximum absolute atomic E-state index is 10.7. The SMILES string of the molecule is O=S(=O)=c1ccnc(Nc2ccccc2)[nH]1. The van der Waals surface area contributed by atoms with Gasteiger partial charge in [-0.3, -0.25) is 0 Å². The van der Waals surface area contributed by atoms with Crippen LogP contribution in [0.3, 0.4) is 0 Å². The molecule has 0 saturated carbocycles. The van der Waals surface area contributed by atoms with Gasteiger partial charge in [0.05, 0.1) is 0 Å². The zero-order valence-electron chi connectivity index (χ0n) is 8.21. The summed E-state index contributed by atoms with van der Waals surface area (Å²) >= 11 is 0. The zero-order chi connectivity index (χ0) is 11.4. The largest absolute Gasteiger partial charge is 0.326 e. The molecule has 16 heavy (non-hydrogen) atoms. The van der Waals surface area contributed by atoms with Crippen molar-refractivity contribution in [1.29, 1.82) is 0 Å². The van der Waals surface area contributed by atoms with Gasteiger partial charge < -0.3 is 10.3 Å². The average Bonchev–Trinajstić information content (AvgIpc) is 2.30. The van der Waals surface area contributed by atoms with Crippen LogP contribution in [0.1, 0.15) is 0 Å². The number of rotatable bonds is 2. The molecule has 0 atom stereocenters. The number of benzene rings is 1. The summed E-state index contributed by atoms with van der Waals surface area (Å²) in [6, 6.07) is 10.7. The van der Waals surface area contributed by atoms with E-state index in [1.807, 2.05) is 30.3 Å². The van der Waals surface area contributed by atoms with Crippen LogP contribution in [0.5, 0.6) is 0 Å². The number of nitrogens with zero attached hydrogens (tertiary/aromatic N) is 1. The van der Waals surface area contributed by atoms with Gasteiger partial charge in [-0.25, -0.2) is 4.98 Å². The van der Waals surface area contributed by atoms with Crippen LogP contribution in [0.15, 0.2) is 42.6 Å². The Morgan fingerprint density at radius 2 is 1.88 bits per heavy atom. The number of hydrogen-bond donors (Lipinski definition) is 2. The number of anilines is 2. The molecule has 0 aliphatic rings. The molecule has 2 aromatic rings.